The van der Waals surface area contributed by atoms with Gasteiger partial charge in [-0.1, -0.05) is 96.7 Å². The highest BCUT2D eigenvalue weighted by Gasteiger charge is 2.58. The van der Waals surface area contributed by atoms with Crippen LogP contribution in [0.2, 0.25) is 15.1 Å². The first-order valence-corrected chi connectivity index (χ1v) is 16.3. The van der Waals surface area contributed by atoms with Crippen molar-refractivity contribution < 1.29 is 15.1 Å². The van der Waals surface area contributed by atoms with Gasteiger partial charge in [-0.15, -0.1) is 12.4 Å². The minimum atomic E-state index is -1.01. The number of piperidine rings is 2. The molecule has 0 aromatic heterocycles. The summed E-state index contributed by atoms with van der Waals surface area (Å²) in [6.07, 6.45) is 3.96. The highest BCUT2D eigenvalue weighted by Crippen LogP contribution is 2.52. The van der Waals surface area contributed by atoms with Crippen LogP contribution in [0.15, 0.2) is 72.8 Å². The quantitative estimate of drug-likeness (QED) is 0.276. The summed E-state index contributed by atoms with van der Waals surface area (Å²) in [6.45, 7) is 3.70. The number of benzene rings is 3. The molecule has 3 N–H and O–H groups in total. The van der Waals surface area contributed by atoms with Gasteiger partial charge < -0.3 is 15.7 Å². The standard InChI is InChI=1S/C35H40Cl3N3O2.ClH.H2O/c1-4-24-11-9-18-39-33(24)41-19-17-35(34(43)40(2)3,26-12-6-5-7-13-26)31(25-15-16-28(37)29(38)22-25)32(41)30(42)21-23-10-8-14-27(36)20-23;;/h5-8,10,12-16,20,22,24,31-33,39H,4,9,11,17-19,21H2,1-3H3;1H;1H2. The average molecular weight is 696 g/mol. The number of hydrogen-bond acceptors (Lipinski definition) is 4. The van der Waals surface area contributed by atoms with Gasteiger partial charge in [-0.05, 0) is 72.7 Å². The first kappa shape index (κ1) is 37.3. The van der Waals surface area contributed by atoms with Crippen LogP contribution >= 0.6 is 47.2 Å². The number of nitrogens with one attached hydrogen (secondary N) is 1. The number of hydrogen-bond donors (Lipinski definition) is 1. The molecule has 2 saturated heterocycles. The highest BCUT2D eigenvalue weighted by molar-refractivity contribution is 6.42. The van der Waals surface area contributed by atoms with E-state index in [0.717, 1.165) is 42.5 Å². The lowest BCUT2D eigenvalue weighted by Crippen LogP contribution is -2.68. The molecule has 1 amide bonds. The van der Waals surface area contributed by atoms with Crippen LogP contribution in [-0.2, 0) is 21.4 Å². The van der Waals surface area contributed by atoms with E-state index in [0.29, 0.717) is 34.0 Å². The molecule has 5 rings (SSSR count). The van der Waals surface area contributed by atoms with Crippen LogP contribution in [-0.4, -0.2) is 66.4 Å². The molecule has 2 aliphatic rings. The number of Topliss-reactive ketones (excluding diaryl/α,β-unsaturated/α-hetero) is 1. The smallest absolute Gasteiger partial charge is 0.233 e. The molecule has 0 aliphatic carbocycles. The molecule has 2 fully saturated rings. The fraction of sp³-hybridized carbons (Fsp3) is 0.429. The molecule has 3 aromatic rings. The Hall–Kier alpha value is -2.16. The van der Waals surface area contributed by atoms with Gasteiger partial charge in [-0.2, -0.15) is 0 Å². The summed E-state index contributed by atoms with van der Waals surface area (Å²) in [5.41, 5.74) is 1.56. The lowest BCUT2D eigenvalue weighted by atomic mass is 9.58. The number of rotatable bonds is 8. The van der Waals surface area contributed by atoms with Crippen molar-refractivity contribution in [3.63, 3.8) is 0 Å². The molecule has 0 radical (unpaired) electrons. The van der Waals surface area contributed by atoms with Crippen LogP contribution in [0, 0.1) is 5.92 Å². The van der Waals surface area contributed by atoms with Crippen LogP contribution in [0.5, 0.6) is 0 Å². The van der Waals surface area contributed by atoms with Gasteiger partial charge in [0.25, 0.3) is 0 Å². The summed E-state index contributed by atoms with van der Waals surface area (Å²) in [7, 11) is 3.59. The zero-order chi connectivity index (χ0) is 30.7. The van der Waals surface area contributed by atoms with Crippen molar-refractivity contribution in [2.24, 2.45) is 5.92 Å². The first-order valence-electron chi connectivity index (χ1n) is 15.2. The predicted molar refractivity (Wildman–Crippen MR) is 187 cm³/mol. The molecule has 244 valence electrons. The Labute approximate surface area is 288 Å². The van der Waals surface area contributed by atoms with Crippen molar-refractivity contribution in [3.05, 3.63) is 105 Å². The summed E-state index contributed by atoms with van der Waals surface area (Å²) in [6, 6.07) is 22.4. The summed E-state index contributed by atoms with van der Waals surface area (Å²) in [5.74, 6) is -0.120. The van der Waals surface area contributed by atoms with E-state index >= 15 is 0 Å². The van der Waals surface area contributed by atoms with Crippen molar-refractivity contribution in [1.82, 2.24) is 15.1 Å². The van der Waals surface area contributed by atoms with Crippen LogP contribution in [0.1, 0.15) is 55.2 Å². The van der Waals surface area contributed by atoms with Crippen molar-refractivity contribution >= 4 is 58.9 Å². The van der Waals surface area contributed by atoms with E-state index in [1.54, 1.807) is 25.1 Å². The lowest BCUT2D eigenvalue weighted by molar-refractivity contribution is -0.144. The van der Waals surface area contributed by atoms with Crippen molar-refractivity contribution in [2.75, 3.05) is 27.2 Å². The Morgan fingerprint density at radius 2 is 1.71 bits per heavy atom. The third-order valence-electron chi connectivity index (χ3n) is 9.38. The summed E-state index contributed by atoms with van der Waals surface area (Å²) in [5, 5.41) is 5.20. The van der Waals surface area contributed by atoms with E-state index in [1.807, 2.05) is 66.7 Å². The van der Waals surface area contributed by atoms with E-state index in [4.69, 9.17) is 34.8 Å². The van der Waals surface area contributed by atoms with Gasteiger partial charge in [0.15, 0.2) is 5.78 Å². The van der Waals surface area contributed by atoms with E-state index in [-0.39, 0.29) is 42.2 Å². The number of likely N-dealkylation sites (N-methyl/N-ethyl adjacent to an activating group) is 1. The lowest BCUT2D eigenvalue weighted by Gasteiger charge is -2.55. The predicted octanol–water partition coefficient (Wildman–Crippen LogP) is 6.98. The summed E-state index contributed by atoms with van der Waals surface area (Å²) < 4.78 is 0. The number of amides is 1. The Bertz CT molecular complexity index is 1460. The van der Waals surface area contributed by atoms with Gasteiger partial charge in [0, 0.05) is 38.0 Å². The molecule has 3 aromatic carbocycles. The van der Waals surface area contributed by atoms with Gasteiger partial charge in [0.1, 0.15) is 0 Å². The molecule has 0 spiro atoms. The van der Waals surface area contributed by atoms with Crippen molar-refractivity contribution in [2.45, 2.75) is 62.6 Å². The van der Waals surface area contributed by atoms with Gasteiger partial charge in [0.05, 0.1) is 27.7 Å². The first-order chi connectivity index (χ1) is 20.7. The normalized spacial score (nSPS) is 25.0. The molecule has 0 saturated carbocycles. The van der Waals surface area contributed by atoms with Crippen LogP contribution in [0.4, 0.5) is 0 Å². The Balaban J connectivity index is 0.00000276. The molecule has 0 bridgehead atoms. The largest absolute Gasteiger partial charge is 0.412 e. The molecule has 10 heteroatoms. The maximum atomic E-state index is 14.9. The third-order valence-corrected chi connectivity index (χ3v) is 10.4. The van der Waals surface area contributed by atoms with Gasteiger partial charge >= 0.3 is 0 Å². The maximum Gasteiger partial charge on any atom is 0.233 e. The Kier molecular flexibility index (Phi) is 13.3. The van der Waals surface area contributed by atoms with E-state index in [1.165, 1.54) is 0 Å². The Morgan fingerprint density at radius 3 is 2.36 bits per heavy atom. The zero-order valence-corrected chi connectivity index (χ0v) is 29.0. The number of carbonyl (C=O) groups is 2. The minimum absolute atomic E-state index is 0. The van der Waals surface area contributed by atoms with Crippen LogP contribution in [0.25, 0.3) is 0 Å². The highest BCUT2D eigenvalue weighted by atomic mass is 35.5. The van der Waals surface area contributed by atoms with Gasteiger partial charge in [-0.3, -0.25) is 14.5 Å². The fourth-order valence-electron chi connectivity index (χ4n) is 7.45. The van der Waals surface area contributed by atoms with Crippen LogP contribution in [0.3, 0.4) is 0 Å². The number of ketones is 1. The van der Waals surface area contributed by atoms with E-state index in [2.05, 4.69) is 17.1 Å². The minimum Gasteiger partial charge on any atom is -0.412 e. The zero-order valence-electron chi connectivity index (χ0n) is 25.9. The number of halogens is 4. The summed E-state index contributed by atoms with van der Waals surface area (Å²) >= 11 is 19.4. The van der Waals surface area contributed by atoms with Crippen LogP contribution < -0.4 is 5.32 Å². The number of nitrogens with zero attached hydrogens (tertiary/aromatic N) is 2. The molecule has 5 atom stereocenters. The Morgan fingerprint density at radius 1 is 0.978 bits per heavy atom. The second-order valence-corrected chi connectivity index (χ2v) is 13.4. The molecular formula is C35H43Cl4N3O3. The monoisotopic (exact) mass is 693 g/mol. The number of likely N-dealkylation sites (tertiary alicyclic amines) is 1. The van der Waals surface area contributed by atoms with Crippen molar-refractivity contribution in [1.29, 1.82) is 0 Å². The molecule has 5 unspecified atom stereocenters. The summed E-state index contributed by atoms with van der Waals surface area (Å²) in [4.78, 5) is 33.5. The maximum absolute atomic E-state index is 14.9. The molecular weight excluding hydrogens is 652 g/mol. The third kappa shape index (κ3) is 7.54. The molecule has 45 heavy (non-hydrogen) atoms. The molecule has 2 aliphatic heterocycles. The van der Waals surface area contributed by atoms with Gasteiger partial charge in [0.2, 0.25) is 5.91 Å². The number of carbonyl (C=O) groups excluding carboxylic acids is 2. The van der Waals surface area contributed by atoms with Crippen molar-refractivity contribution in [3.8, 4) is 0 Å². The van der Waals surface area contributed by atoms with E-state index < -0.39 is 17.4 Å². The molecule has 6 nitrogen and oxygen atoms in total. The SMILES string of the molecule is CCC1CCCNC1N1CCC(C(=O)N(C)C)(c2ccccc2)C(c2ccc(Cl)c(Cl)c2)C1C(=O)Cc1cccc(Cl)c1.Cl.O. The van der Waals surface area contributed by atoms with Gasteiger partial charge in [-0.25, -0.2) is 0 Å². The second kappa shape index (κ2) is 16.1. The molecule has 2 heterocycles. The average Bonchev–Trinajstić information content (AvgIpc) is 3.01. The van der Waals surface area contributed by atoms with E-state index in [9.17, 15) is 9.59 Å². The topological polar surface area (TPSA) is 84.2 Å². The second-order valence-electron chi connectivity index (χ2n) is 12.1. The fourth-order valence-corrected chi connectivity index (χ4v) is 7.96.